The molecule has 624 valence electrons. The lowest BCUT2D eigenvalue weighted by atomic mass is 9.95. The van der Waals surface area contributed by atoms with E-state index >= 15 is 0 Å². The minimum Gasteiger partial charge on any atom is -0.465 e. The van der Waals surface area contributed by atoms with Gasteiger partial charge in [-0.3, -0.25) is 58.6 Å². The van der Waals surface area contributed by atoms with Crippen molar-refractivity contribution in [3.8, 4) is 0 Å². The quantitative estimate of drug-likeness (QED) is 0.0609. The molecule has 10 aliphatic heterocycles. The fourth-order valence-corrected chi connectivity index (χ4v) is 22.7. The molecule has 30 nitrogen and oxygen atoms in total. The van der Waals surface area contributed by atoms with Gasteiger partial charge in [0.05, 0.1) is 9.79 Å². The lowest BCUT2D eigenvalue weighted by Gasteiger charge is -2.43. The third-order valence-electron chi connectivity index (χ3n) is 26.3. The van der Waals surface area contributed by atoms with Gasteiger partial charge in [-0.1, -0.05) is 25.0 Å². The summed E-state index contributed by atoms with van der Waals surface area (Å²) in [6.45, 7) is 20.4. The molecule has 2 unspecified atom stereocenters. The van der Waals surface area contributed by atoms with E-state index in [1.165, 1.54) is 9.21 Å². The van der Waals surface area contributed by atoms with Crippen molar-refractivity contribution in [2.45, 2.75) is 182 Å². The molecule has 4 aromatic carbocycles. The van der Waals surface area contributed by atoms with Crippen LogP contribution >= 0.6 is 0 Å². The molecule has 11 aliphatic rings. The molecular formula is C85H109N17O13S2. The summed E-state index contributed by atoms with van der Waals surface area (Å²) in [5.41, 5.74) is 7.22. The second-order valence-electron chi connectivity index (χ2n) is 34.6. The minimum absolute atomic E-state index is 0.0128. The van der Waals surface area contributed by atoms with Crippen LogP contribution in [0.25, 0.3) is 11.0 Å². The Balaban J connectivity index is 0.000000177. The predicted molar refractivity (Wildman–Crippen MR) is 443 cm³/mol. The fraction of sp³-hybridized carbons (Fsp3) is 0.553. The number of piperidine rings is 6. The van der Waals surface area contributed by atoms with Gasteiger partial charge in [0.2, 0.25) is 49.6 Å². The van der Waals surface area contributed by atoms with Gasteiger partial charge in [0, 0.05) is 219 Å². The van der Waals surface area contributed by atoms with Crippen molar-refractivity contribution in [1.29, 1.82) is 0 Å². The van der Waals surface area contributed by atoms with Crippen molar-refractivity contribution in [3.63, 3.8) is 0 Å². The first kappa shape index (κ1) is 81.2. The molecule has 32 heteroatoms. The zero-order valence-electron chi connectivity index (χ0n) is 67.2. The van der Waals surface area contributed by atoms with Crippen LogP contribution in [-0.2, 0) is 52.3 Å². The first-order valence-electron chi connectivity index (χ1n) is 42.1. The number of carbonyl (C=O) groups is 7. The van der Waals surface area contributed by atoms with Gasteiger partial charge in [0.1, 0.15) is 17.7 Å². The lowest BCUT2D eigenvalue weighted by molar-refractivity contribution is -0.138. The highest BCUT2D eigenvalue weighted by Crippen LogP contribution is 2.38. The van der Waals surface area contributed by atoms with Crippen LogP contribution in [0.1, 0.15) is 161 Å². The van der Waals surface area contributed by atoms with Gasteiger partial charge in [-0.25, -0.2) is 26.6 Å². The van der Waals surface area contributed by atoms with Gasteiger partial charge in [-0.05, 0) is 200 Å². The third-order valence-corrected chi connectivity index (χ3v) is 30.0. The van der Waals surface area contributed by atoms with E-state index in [9.17, 15) is 60.3 Å². The third kappa shape index (κ3) is 17.5. The van der Waals surface area contributed by atoms with Crippen LogP contribution in [-0.4, -0.2) is 259 Å². The zero-order chi connectivity index (χ0) is 81.6. The number of benzene rings is 4. The first-order valence-corrected chi connectivity index (χ1v) is 45.0. The molecule has 1 saturated carbocycles. The van der Waals surface area contributed by atoms with Crippen LogP contribution in [0.2, 0.25) is 0 Å². The summed E-state index contributed by atoms with van der Waals surface area (Å²) < 4.78 is 60.2. The Morgan fingerprint density at radius 3 is 1.40 bits per heavy atom. The first-order chi connectivity index (χ1) is 56.3. The standard InChI is InChI=1S/C46H56N10O6S.C39H53N7O7S/c57-41-12-11-40(44(59)49-41)55-30-33-26-37(9-10-39(33)45(55)60)52-18-14-31(15-19-52)29-51-22-24-53(25-23-51)36-6-3-7-38(27-36)63(61,62)54-20-16-34(17-21-54)48-46-47-28-32-8-13-42(58)56(43(32)50-46)35-4-1-2-5-35;1-39(2,3)46(38(50)51)29-13-17-44(18-14-29)54(52,53)32-6-4-5-30(24-32)43-21-19-41(20-22-43)25-27-11-15-42(16-12-27)31-7-8-33-28(23-31)26-45(37(33)49)34-9-10-35(47)40-36(34)48/h3,6-10,13,26-28,31,34-35,40H,1-2,4-5,11-12,14-25,29-30H2,(H,47,48,50)(H,49,57,59);4-8,23-24,27,29,34H,9-22,25-26H2,1-3H3,(H,50,51)(H,40,47,48). The largest absolute Gasteiger partial charge is 0.465 e. The molecule has 2 aromatic heterocycles. The SMILES string of the molecule is CC(C)(C)N(C(=O)O)C1CCN(S(=O)(=O)c2cccc(N3CCN(CC4CCN(c5ccc6c(c5)CN(C5CCC(=O)NC5=O)C6=O)CC4)CC3)c2)CC1.O=C1CCC(N2Cc3cc(N4CCC(CN5CCN(c6cccc(S(=O)(=O)N7CCC(Nc8ncc9ccc(=O)n(C%10CCCC%10)c9n8)CC7)c6)CC5)CC4)ccc3C2=O)C(=O)N1. The number of amides is 7. The minimum atomic E-state index is -3.71. The number of sulfonamides is 2. The Kier molecular flexibility index (Phi) is 23.6. The fourth-order valence-electron chi connectivity index (χ4n) is 19.7. The van der Waals surface area contributed by atoms with Gasteiger partial charge >= 0.3 is 6.09 Å². The number of carboxylic acid groups (broad SMARTS) is 1. The number of hydrogen-bond acceptors (Lipinski definition) is 21. The number of nitrogens with one attached hydrogen (secondary N) is 3. The highest BCUT2D eigenvalue weighted by molar-refractivity contribution is 7.89. The summed E-state index contributed by atoms with van der Waals surface area (Å²) in [6.07, 6.45) is 12.6. The molecule has 1 aliphatic carbocycles. The maximum absolute atomic E-state index is 14.0. The maximum atomic E-state index is 14.0. The number of nitrogens with zero attached hydrogens (tertiary/aromatic N) is 14. The van der Waals surface area contributed by atoms with Crippen LogP contribution < -0.4 is 41.1 Å². The Hall–Kier alpha value is -9.60. The number of piperazine rings is 2. The highest BCUT2D eigenvalue weighted by atomic mass is 32.2. The van der Waals surface area contributed by atoms with Crippen molar-refractivity contribution in [2.75, 3.05) is 143 Å². The summed E-state index contributed by atoms with van der Waals surface area (Å²) >= 11 is 0. The molecule has 9 fully saturated rings. The number of pyridine rings is 1. The molecule has 117 heavy (non-hydrogen) atoms. The van der Waals surface area contributed by atoms with E-state index in [2.05, 4.69) is 62.5 Å². The van der Waals surface area contributed by atoms with Crippen molar-refractivity contribution < 1.29 is 55.5 Å². The molecule has 17 rings (SSSR count). The smallest absolute Gasteiger partial charge is 0.407 e. The lowest BCUT2D eigenvalue weighted by Crippen LogP contribution is -2.55. The second-order valence-corrected chi connectivity index (χ2v) is 38.5. The molecule has 0 spiro atoms. The Labute approximate surface area is 683 Å². The monoisotopic (exact) mass is 1640 g/mol. The highest BCUT2D eigenvalue weighted by Gasteiger charge is 2.44. The number of hydrogen-bond donors (Lipinski definition) is 4. The normalized spacial score (nSPS) is 22.7. The average molecular weight is 1640 g/mol. The van der Waals surface area contributed by atoms with Crippen LogP contribution in [0, 0.1) is 11.8 Å². The van der Waals surface area contributed by atoms with Crippen molar-refractivity contribution in [3.05, 3.63) is 136 Å². The van der Waals surface area contributed by atoms with Crippen LogP contribution in [0.15, 0.2) is 118 Å². The Morgan fingerprint density at radius 2 is 0.957 bits per heavy atom. The summed E-state index contributed by atoms with van der Waals surface area (Å²) in [7, 11) is -7.40. The number of fused-ring (bicyclic) bond motifs is 3. The molecule has 0 bridgehead atoms. The number of imide groups is 2. The van der Waals surface area contributed by atoms with E-state index in [-0.39, 0.29) is 78.1 Å². The summed E-state index contributed by atoms with van der Waals surface area (Å²) in [5, 5.41) is 18.8. The molecule has 4 N–H and O–H groups in total. The molecular weight excluding hydrogens is 1530 g/mol. The molecule has 6 aromatic rings. The summed E-state index contributed by atoms with van der Waals surface area (Å²) in [6, 6.07) is 28.7. The van der Waals surface area contributed by atoms with E-state index < -0.39 is 55.6 Å². The topological polar surface area (TPSA) is 328 Å². The number of anilines is 5. The molecule has 7 amide bonds. The van der Waals surface area contributed by atoms with Gasteiger partial charge in [0.25, 0.3) is 17.4 Å². The van der Waals surface area contributed by atoms with Crippen molar-refractivity contribution in [2.24, 2.45) is 11.8 Å². The van der Waals surface area contributed by atoms with Crippen LogP contribution in [0.4, 0.5) is 33.5 Å². The van der Waals surface area contributed by atoms with E-state index in [0.717, 1.165) is 182 Å². The predicted octanol–water partition coefficient (Wildman–Crippen LogP) is 7.39. The summed E-state index contributed by atoms with van der Waals surface area (Å²) in [5.74, 6) is -0.0275. The van der Waals surface area contributed by atoms with Crippen molar-refractivity contribution in [1.82, 2.24) is 58.3 Å². The van der Waals surface area contributed by atoms with Gasteiger partial charge in [-0.15, -0.1) is 0 Å². The molecule has 0 radical (unpaired) electrons. The second kappa shape index (κ2) is 34.0. The van der Waals surface area contributed by atoms with Gasteiger partial charge in [-0.2, -0.15) is 13.6 Å². The number of aromatic nitrogens is 3. The molecule has 8 saturated heterocycles. The average Bonchev–Trinajstić information content (AvgIpc) is 1.83. The number of rotatable bonds is 18. The molecule has 12 heterocycles. The van der Waals surface area contributed by atoms with E-state index in [4.69, 9.17) is 4.98 Å². The Bertz CT molecular complexity index is 5070. The maximum Gasteiger partial charge on any atom is 0.407 e. The van der Waals surface area contributed by atoms with E-state index in [1.807, 2.05) is 79.9 Å². The van der Waals surface area contributed by atoms with E-state index in [0.29, 0.717) is 104 Å². The van der Waals surface area contributed by atoms with Gasteiger partial charge in [0.15, 0.2) is 0 Å². The van der Waals surface area contributed by atoms with E-state index in [1.54, 1.807) is 50.6 Å². The molecule has 2 atom stereocenters. The van der Waals surface area contributed by atoms with Crippen LogP contribution in [0.5, 0.6) is 0 Å². The zero-order valence-corrected chi connectivity index (χ0v) is 68.9. The van der Waals surface area contributed by atoms with Crippen LogP contribution in [0.3, 0.4) is 0 Å². The van der Waals surface area contributed by atoms with Gasteiger partial charge < -0.3 is 44.7 Å². The van der Waals surface area contributed by atoms with Crippen molar-refractivity contribution >= 4 is 101 Å². The summed E-state index contributed by atoms with van der Waals surface area (Å²) in [4.78, 5) is 128. The number of carbonyl (C=O) groups excluding carboxylic acids is 6. The Morgan fingerprint density at radius 1 is 0.513 bits per heavy atom.